The molecule has 206 valence electrons. The molecular formula is C31H40FNO5. The maximum Gasteiger partial charge on any atom is 0.123 e. The Hall–Kier alpha value is -2.45. The number of benzene rings is 2. The molecule has 0 bridgehead atoms. The molecule has 2 aromatic carbocycles. The third-order valence-corrected chi connectivity index (χ3v) is 9.42. The van der Waals surface area contributed by atoms with Crippen molar-refractivity contribution in [2.75, 3.05) is 19.1 Å². The largest absolute Gasteiger partial charge is 0.497 e. The van der Waals surface area contributed by atoms with E-state index < -0.39 is 35.4 Å². The number of rotatable bonds is 6. The Morgan fingerprint density at radius 3 is 2.53 bits per heavy atom. The summed E-state index contributed by atoms with van der Waals surface area (Å²) >= 11 is 0. The molecule has 3 N–H and O–H groups in total. The van der Waals surface area contributed by atoms with Crippen molar-refractivity contribution in [3.8, 4) is 5.75 Å². The zero-order valence-corrected chi connectivity index (χ0v) is 22.9. The molecule has 2 fully saturated rings. The van der Waals surface area contributed by atoms with E-state index in [-0.39, 0.29) is 17.8 Å². The molecule has 1 unspecified atom stereocenters. The van der Waals surface area contributed by atoms with Crippen molar-refractivity contribution in [3.05, 3.63) is 71.1 Å². The van der Waals surface area contributed by atoms with Crippen LogP contribution in [0, 0.1) is 11.7 Å². The number of methoxy groups -OCH3 is 2. The van der Waals surface area contributed by atoms with E-state index in [1.165, 1.54) is 6.07 Å². The van der Waals surface area contributed by atoms with Crippen molar-refractivity contribution >= 4 is 5.69 Å². The Morgan fingerprint density at radius 1 is 1.18 bits per heavy atom. The van der Waals surface area contributed by atoms with Gasteiger partial charge in [0.25, 0.3) is 0 Å². The van der Waals surface area contributed by atoms with Gasteiger partial charge in [0.05, 0.1) is 42.6 Å². The fraction of sp³-hybridized carbons (Fsp3) is 0.548. The highest BCUT2D eigenvalue weighted by Gasteiger charge is 2.71. The number of anilines is 1. The van der Waals surface area contributed by atoms with E-state index in [1.807, 2.05) is 51.1 Å². The summed E-state index contributed by atoms with van der Waals surface area (Å²) in [6, 6.07) is 12.2. The maximum absolute atomic E-state index is 14.7. The van der Waals surface area contributed by atoms with Crippen molar-refractivity contribution < 1.29 is 29.2 Å². The van der Waals surface area contributed by atoms with Crippen LogP contribution in [-0.4, -0.2) is 65.0 Å². The van der Waals surface area contributed by atoms with Crippen LogP contribution >= 0.6 is 0 Å². The standard InChI is InChI=1S/C31H40FNO5/c1-18(2)6-13-27(35)30(3)29-28(38-5)25(34)14-15-31(29,36)26-17-22(19-7-10-21(37-4)11-8-19)23-16-20(32)9-12-24(23)33(26)30/h6-12,16,22,25-29,34-36H,13-15,17H2,1-5H3/t22?,25-,26+,27-,28-,29-,30-,31+/m1/s1. The summed E-state index contributed by atoms with van der Waals surface area (Å²) in [5, 5.41) is 35.4. The summed E-state index contributed by atoms with van der Waals surface area (Å²) < 4.78 is 26.0. The quantitative estimate of drug-likeness (QED) is 0.480. The number of ether oxygens (including phenoxy) is 2. The van der Waals surface area contributed by atoms with Crippen molar-refractivity contribution in [3.63, 3.8) is 0 Å². The molecule has 0 aromatic heterocycles. The normalized spacial score (nSPS) is 34.7. The number of nitrogens with zero attached hydrogens (tertiary/aromatic N) is 1. The van der Waals surface area contributed by atoms with E-state index in [9.17, 15) is 19.7 Å². The number of halogens is 1. The Morgan fingerprint density at radius 2 is 1.89 bits per heavy atom. The Kier molecular flexibility index (Phi) is 7.10. The van der Waals surface area contributed by atoms with Crippen LogP contribution in [0.1, 0.15) is 63.5 Å². The summed E-state index contributed by atoms with van der Waals surface area (Å²) in [7, 11) is 3.18. The molecule has 3 aliphatic rings. The lowest BCUT2D eigenvalue weighted by Crippen LogP contribution is -2.63. The molecule has 1 saturated heterocycles. The third-order valence-electron chi connectivity index (χ3n) is 9.42. The SMILES string of the molecule is COc1ccc(C2C[C@@H]3N(c4ccc(F)cc42)[C@](C)([C@H](O)CC=C(C)C)[C@H]2[C@H](OC)[C@H](O)CC[C@]32O)cc1. The van der Waals surface area contributed by atoms with Gasteiger partial charge >= 0.3 is 0 Å². The highest BCUT2D eigenvalue weighted by molar-refractivity contribution is 5.66. The van der Waals surface area contributed by atoms with Crippen molar-refractivity contribution in [1.29, 1.82) is 0 Å². The van der Waals surface area contributed by atoms with Gasteiger partial charge in [0.15, 0.2) is 0 Å². The van der Waals surface area contributed by atoms with Gasteiger partial charge < -0.3 is 29.7 Å². The van der Waals surface area contributed by atoms with Crippen LogP contribution < -0.4 is 9.64 Å². The van der Waals surface area contributed by atoms with Crippen molar-refractivity contribution in [2.45, 2.75) is 87.9 Å². The van der Waals surface area contributed by atoms with Gasteiger partial charge in [-0.25, -0.2) is 4.39 Å². The molecule has 38 heavy (non-hydrogen) atoms. The first kappa shape index (κ1) is 27.1. The van der Waals surface area contributed by atoms with E-state index in [2.05, 4.69) is 4.90 Å². The monoisotopic (exact) mass is 525 g/mol. The van der Waals surface area contributed by atoms with Crippen LogP contribution in [0.15, 0.2) is 54.1 Å². The minimum absolute atomic E-state index is 0.164. The van der Waals surface area contributed by atoms with Gasteiger partial charge in [0.1, 0.15) is 11.6 Å². The number of allylic oxidation sites excluding steroid dienone is 1. The average Bonchev–Trinajstić information content (AvgIpc) is 3.11. The van der Waals surface area contributed by atoms with E-state index in [1.54, 1.807) is 26.4 Å². The lowest BCUT2D eigenvalue weighted by Gasteiger charge is -2.50. The first-order valence-electron chi connectivity index (χ1n) is 13.5. The van der Waals surface area contributed by atoms with E-state index in [4.69, 9.17) is 9.47 Å². The molecular weight excluding hydrogens is 485 g/mol. The fourth-order valence-electron chi connectivity index (χ4n) is 7.64. The highest BCUT2D eigenvalue weighted by Crippen LogP contribution is 2.61. The minimum Gasteiger partial charge on any atom is -0.497 e. The number of fused-ring (bicyclic) bond motifs is 5. The molecule has 6 nitrogen and oxygen atoms in total. The molecule has 2 aromatic rings. The van der Waals surface area contributed by atoms with Gasteiger partial charge in [-0.2, -0.15) is 0 Å². The predicted octanol–water partition coefficient (Wildman–Crippen LogP) is 4.55. The van der Waals surface area contributed by atoms with Crippen molar-refractivity contribution in [1.82, 2.24) is 0 Å². The molecule has 1 aliphatic carbocycles. The number of aliphatic hydroxyl groups excluding tert-OH is 2. The molecule has 0 amide bonds. The zero-order chi connectivity index (χ0) is 27.4. The lowest BCUT2D eigenvalue weighted by atomic mass is 9.63. The molecule has 7 heteroatoms. The maximum atomic E-state index is 14.7. The second-order valence-electron chi connectivity index (χ2n) is 11.7. The summed E-state index contributed by atoms with van der Waals surface area (Å²) in [5.74, 6) is -0.318. The third kappa shape index (κ3) is 4.06. The molecule has 0 radical (unpaired) electrons. The van der Waals surface area contributed by atoms with Crippen LogP contribution in [0.5, 0.6) is 5.75 Å². The summed E-state index contributed by atoms with van der Waals surface area (Å²) in [6.45, 7) is 5.95. The summed E-state index contributed by atoms with van der Waals surface area (Å²) in [4.78, 5) is 2.14. The number of aliphatic hydroxyl groups is 3. The zero-order valence-electron chi connectivity index (χ0n) is 22.9. The first-order valence-corrected chi connectivity index (χ1v) is 13.5. The smallest absolute Gasteiger partial charge is 0.123 e. The van der Waals surface area contributed by atoms with E-state index in [0.29, 0.717) is 25.7 Å². The van der Waals surface area contributed by atoms with Crippen molar-refractivity contribution in [2.24, 2.45) is 5.92 Å². The second kappa shape index (κ2) is 9.94. The lowest BCUT2D eigenvalue weighted by molar-refractivity contribution is -0.171. The van der Waals surface area contributed by atoms with Crippen LogP contribution in [-0.2, 0) is 4.74 Å². The Labute approximate surface area is 224 Å². The second-order valence-corrected chi connectivity index (χ2v) is 11.7. The summed E-state index contributed by atoms with van der Waals surface area (Å²) in [5.41, 5.74) is 1.51. The fourth-order valence-corrected chi connectivity index (χ4v) is 7.64. The number of hydrogen-bond donors (Lipinski definition) is 3. The average molecular weight is 526 g/mol. The summed E-state index contributed by atoms with van der Waals surface area (Å²) in [6.07, 6.45) is 1.43. The van der Waals surface area contributed by atoms with E-state index >= 15 is 0 Å². The molecule has 8 atom stereocenters. The van der Waals surface area contributed by atoms with E-state index in [0.717, 1.165) is 28.1 Å². The minimum atomic E-state index is -1.22. The highest BCUT2D eigenvalue weighted by atomic mass is 19.1. The predicted molar refractivity (Wildman–Crippen MR) is 145 cm³/mol. The van der Waals surface area contributed by atoms with Gasteiger partial charge in [0, 0.05) is 24.6 Å². The molecule has 2 aliphatic heterocycles. The van der Waals surface area contributed by atoms with Gasteiger partial charge in [-0.1, -0.05) is 23.8 Å². The molecule has 2 heterocycles. The van der Waals surface area contributed by atoms with Gasteiger partial charge in [-0.3, -0.25) is 0 Å². The molecule has 1 saturated carbocycles. The van der Waals surface area contributed by atoms with Gasteiger partial charge in [-0.15, -0.1) is 0 Å². The van der Waals surface area contributed by atoms with Crippen LogP contribution in [0.25, 0.3) is 0 Å². The Balaban J connectivity index is 1.71. The number of hydrogen-bond acceptors (Lipinski definition) is 6. The molecule has 0 spiro atoms. The first-order chi connectivity index (χ1) is 18.1. The van der Waals surface area contributed by atoms with Gasteiger partial charge in [0.2, 0.25) is 0 Å². The van der Waals surface area contributed by atoms with Crippen LogP contribution in [0.2, 0.25) is 0 Å². The van der Waals surface area contributed by atoms with Crippen LogP contribution in [0.3, 0.4) is 0 Å². The van der Waals surface area contributed by atoms with Gasteiger partial charge in [-0.05, 0) is 87.9 Å². The topological polar surface area (TPSA) is 82.4 Å². The molecule has 5 rings (SSSR count). The Bertz CT molecular complexity index is 1200. The van der Waals surface area contributed by atoms with Crippen LogP contribution in [0.4, 0.5) is 10.1 Å².